The van der Waals surface area contributed by atoms with Crippen LogP contribution in [0.5, 0.6) is 0 Å². The van der Waals surface area contributed by atoms with Crippen LogP contribution in [-0.2, 0) is 21.4 Å². The highest BCUT2D eigenvalue weighted by Gasteiger charge is 2.51. The van der Waals surface area contributed by atoms with Crippen molar-refractivity contribution in [1.29, 1.82) is 0 Å². The van der Waals surface area contributed by atoms with Crippen molar-refractivity contribution in [2.75, 3.05) is 13.2 Å². The number of pyridine rings is 1. The van der Waals surface area contributed by atoms with Crippen LogP contribution in [0.4, 0.5) is 4.39 Å². The van der Waals surface area contributed by atoms with Crippen LogP contribution in [0.3, 0.4) is 0 Å². The van der Waals surface area contributed by atoms with Gasteiger partial charge >= 0.3 is 0 Å². The van der Waals surface area contributed by atoms with Crippen LogP contribution in [0, 0.1) is 11.7 Å². The van der Waals surface area contributed by atoms with Gasteiger partial charge in [-0.2, -0.15) is 0 Å². The van der Waals surface area contributed by atoms with E-state index in [-0.39, 0.29) is 23.8 Å². The number of fused-ring (bicyclic) bond motifs is 3. The lowest BCUT2D eigenvalue weighted by Crippen LogP contribution is -2.56. The van der Waals surface area contributed by atoms with Crippen molar-refractivity contribution in [2.45, 2.75) is 62.4 Å². The molecule has 6 rings (SSSR count). The molecule has 5 heteroatoms. The molecule has 3 aliphatic rings. The second kappa shape index (κ2) is 8.77. The third-order valence-corrected chi connectivity index (χ3v) is 8.44. The maximum absolute atomic E-state index is 14.2. The van der Waals surface area contributed by atoms with E-state index in [4.69, 9.17) is 4.74 Å². The monoisotopic (exact) mass is 458 g/mol. The van der Waals surface area contributed by atoms with E-state index in [9.17, 15) is 9.18 Å². The van der Waals surface area contributed by atoms with E-state index in [1.54, 1.807) is 12.1 Å². The molecule has 1 aromatic heterocycles. The normalized spacial score (nSPS) is 26.0. The molecule has 1 amide bonds. The summed E-state index contributed by atoms with van der Waals surface area (Å²) in [5.41, 5.74) is 2.54. The Hall–Kier alpha value is -2.79. The molecule has 0 radical (unpaired) electrons. The first kappa shape index (κ1) is 21.7. The quantitative estimate of drug-likeness (QED) is 0.523. The van der Waals surface area contributed by atoms with E-state index in [1.165, 1.54) is 17.0 Å². The van der Waals surface area contributed by atoms with Gasteiger partial charge in [0.15, 0.2) is 0 Å². The number of piperidine rings is 1. The van der Waals surface area contributed by atoms with Gasteiger partial charge < -0.3 is 9.64 Å². The zero-order valence-corrected chi connectivity index (χ0v) is 19.5. The van der Waals surface area contributed by atoms with Gasteiger partial charge in [0.25, 0.3) is 0 Å². The Balaban J connectivity index is 1.25. The van der Waals surface area contributed by atoms with Crippen molar-refractivity contribution in [3.8, 4) is 0 Å². The third-order valence-electron chi connectivity index (χ3n) is 8.44. The fourth-order valence-corrected chi connectivity index (χ4v) is 6.82. The Morgan fingerprint density at radius 3 is 2.56 bits per heavy atom. The second-order valence-corrected chi connectivity index (χ2v) is 10.3. The Bertz CT molecular complexity index is 1190. The molecule has 3 saturated heterocycles. The number of ether oxygens (including phenoxy) is 1. The summed E-state index contributed by atoms with van der Waals surface area (Å²) in [5, 5.41) is 1.24. The number of carbonyl (C=O) groups is 1. The molecular formula is C29H31FN2O2. The van der Waals surface area contributed by atoms with Gasteiger partial charge in [-0.3, -0.25) is 9.78 Å². The summed E-state index contributed by atoms with van der Waals surface area (Å²) in [6.45, 7) is 1.09. The molecule has 34 heavy (non-hydrogen) atoms. The number of benzene rings is 2. The zero-order valence-electron chi connectivity index (χ0n) is 19.5. The highest BCUT2D eigenvalue weighted by molar-refractivity contribution is 5.89. The van der Waals surface area contributed by atoms with Crippen LogP contribution in [0.15, 0.2) is 60.8 Å². The van der Waals surface area contributed by atoms with Gasteiger partial charge in [-0.25, -0.2) is 4.39 Å². The lowest BCUT2D eigenvalue weighted by Gasteiger charge is -2.46. The average Bonchev–Trinajstić information content (AvgIpc) is 3.14. The van der Waals surface area contributed by atoms with Crippen LogP contribution in [0.2, 0.25) is 0 Å². The molecule has 2 atom stereocenters. The standard InChI is InChI=1S/C29H31FN2O2/c30-23-6-2-5-22(19-23)29(11-14-34-15-12-29)28(33)32-24-9-10-25(32)18-20(17-24)16-21-4-1-8-27-26(21)7-3-13-31-27/h1-8,13,19-20,24-25H,9-12,14-18H2. The summed E-state index contributed by atoms with van der Waals surface area (Å²) in [6, 6.07) is 17.8. The van der Waals surface area contributed by atoms with Gasteiger partial charge in [0.2, 0.25) is 5.91 Å². The van der Waals surface area contributed by atoms with Crippen molar-refractivity contribution in [3.63, 3.8) is 0 Å². The maximum Gasteiger partial charge on any atom is 0.233 e. The first-order valence-electron chi connectivity index (χ1n) is 12.6. The average molecular weight is 459 g/mol. The Morgan fingerprint density at radius 1 is 1.03 bits per heavy atom. The smallest absolute Gasteiger partial charge is 0.233 e. The SMILES string of the molecule is O=C(N1C2CCC1CC(Cc1cccc3ncccc13)C2)C1(c2cccc(F)c2)CCOCC1. The molecule has 4 heterocycles. The molecule has 0 spiro atoms. The molecule has 2 aromatic carbocycles. The number of rotatable bonds is 4. The number of hydrogen-bond acceptors (Lipinski definition) is 3. The minimum absolute atomic E-state index is 0.196. The summed E-state index contributed by atoms with van der Waals surface area (Å²) in [7, 11) is 0. The second-order valence-electron chi connectivity index (χ2n) is 10.3. The largest absolute Gasteiger partial charge is 0.381 e. The minimum atomic E-state index is -0.671. The summed E-state index contributed by atoms with van der Waals surface area (Å²) in [5.74, 6) is 0.483. The Kier molecular flexibility index (Phi) is 5.60. The van der Waals surface area contributed by atoms with Crippen LogP contribution < -0.4 is 0 Å². The fourth-order valence-electron chi connectivity index (χ4n) is 6.82. The molecule has 2 bridgehead atoms. The zero-order chi connectivity index (χ0) is 23.1. The minimum Gasteiger partial charge on any atom is -0.381 e. The number of aromatic nitrogens is 1. The summed E-state index contributed by atoms with van der Waals surface area (Å²) < 4.78 is 19.8. The Morgan fingerprint density at radius 2 is 1.79 bits per heavy atom. The third kappa shape index (κ3) is 3.70. The van der Waals surface area contributed by atoms with Gasteiger partial charge in [0.05, 0.1) is 10.9 Å². The lowest BCUT2D eigenvalue weighted by molar-refractivity contribution is -0.146. The molecule has 0 saturated carbocycles. The topological polar surface area (TPSA) is 42.4 Å². The van der Waals surface area contributed by atoms with E-state index in [0.29, 0.717) is 32.0 Å². The number of halogens is 1. The first-order chi connectivity index (χ1) is 16.6. The molecule has 3 aliphatic heterocycles. The predicted octanol–water partition coefficient (Wildman–Crippen LogP) is 5.43. The number of nitrogens with zero attached hydrogens (tertiary/aromatic N) is 2. The predicted molar refractivity (Wildman–Crippen MR) is 130 cm³/mol. The summed E-state index contributed by atoms with van der Waals surface area (Å²) in [4.78, 5) is 20.9. The van der Waals surface area contributed by atoms with Gasteiger partial charge in [-0.1, -0.05) is 30.3 Å². The summed E-state index contributed by atoms with van der Waals surface area (Å²) in [6.07, 6.45) is 8.33. The molecule has 0 N–H and O–H groups in total. The van der Waals surface area contributed by atoms with Crippen molar-refractivity contribution in [2.24, 2.45) is 5.92 Å². The van der Waals surface area contributed by atoms with Crippen molar-refractivity contribution < 1.29 is 13.9 Å². The molecule has 0 aliphatic carbocycles. The highest BCUT2D eigenvalue weighted by atomic mass is 19.1. The van der Waals surface area contributed by atoms with Gasteiger partial charge in [0, 0.05) is 36.9 Å². The van der Waals surface area contributed by atoms with Gasteiger partial charge in [-0.15, -0.1) is 0 Å². The number of hydrogen-bond donors (Lipinski definition) is 0. The van der Waals surface area contributed by atoms with Gasteiger partial charge in [-0.05, 0) is 86.3 Å². The van der Waals surface area contributed by atoms with Gasteiger partial charge in [0.1, 0.15) is 5.82 Å². The molecule has 3 aromatic rings. The Labute approximate surface area is 200 Å². The van der Waals surface area contributed by atoms with E-state index in [0.717, 1.165) is 43.2 Å². The maximum atomic E-state index is 14.2. The van der Waals surface area contributed by atoms with Crippen LogP contribution in [0.1, 0.15) is 49.7 Å². The van der Waals surface area contributed by atoms with Crippen molar-refractivity contribution >= 4 is 16.8 Å². The van der Waals surface area contributed by atoms with Crippen LogP contribution in [-0.4, -0.2) is 41.1 Å². The lowest BCUT2D eigenvalue weighted by atomic mass is 9.72. The molecular weight excluding hydrogens is 427 g/mol. The number of amides is 1. The summed E-state index contributed by atoms with van der Waals surface area (Å²) >= 11 is 0. The van der Waals surface area contributed by atoms with Crippen LogP contribution >= 0.6 is 0 Å². The number of carbonyl (C=O) groups excluding carboxylic acids is 1. The molecule has 4 nitrogen and oxygen atoms in total. The van der Waals surface area contributed by atoms with E-state index >= 15 is 0 Å². The van der Waals surface area contributed by atoms with E-state index in [1.807, 2.05) is 18.3 Å². The molecule has 3 fully saturated rings. The molecule has 176 valence electrons. The van der Waals surface area contributed by atoms with E-state index in [2.05, 4.69) is 34.1 Å². The van der Waals surface area contributed by atoms with E-state index < -0.39 is 5.41 Å². The fraction of sp³-hybridized carbons (Fsp3) is 0.448. The van der Waals surface area contributed by atoms with Crippen LogP contribution in [0.25, 0.3) is 10.9 Å². The van der Waals surface area contributed by atoms with Crippen molar-refractivity contribution in [3.05, 3.63) is 77.7 Å². The first-order valence-corrected chi connectivity index (χ1v) is 12.6. The van der Waals surface area contributed by atoms with Crippen molar-refractivity contribution in [1.82, 2.24) is 9.88 Å². The molecule has 2 unspecified atom stereocenters. The highest BCUT2D eigenvalue weighted by Crippen LogP contribution is 2.45.